The number of hydrogen-bond donors (Lipinski definition) is 2. The lowest BCUT2D eigenvalue weighted by atomic mass is 10.0. The quantitative estimate of drug-likeness (QED) is 0.296. The van der Waals surface area contributed by atoms with Crippen LogP contribution in [-0.2, 0) is 0 Å². The Hall–Kier alpha value is -3.33. The molecule has 0 heterocycles. The molecule has 0 aliphatic carbocycles. The zero-order valence-electron chi connectivity index (χ0n) is 10.7. The Labute approximate surface area is 120 Å². The van der Waals surface area contributed by atoms with Crippen LogP contribution in [0.25, 0.3) is 11.6 Å². The average Bonchev–Trinajstić information content (AvgIpc) is 2.48. The lowest BCUT2D eigenvalue weighted by molar-refractivity contribution is -0.384. The first-order chi connectivity index (χ1) is 10.0. The van der Waals surface area contributed by atoms with E-state index in [0.717, 1.165) is 0 Å². The van der Waals surface area contributed by atoms with Gasteiger partial charge in [0.15, 0.2) is 11.5 Å². The molecule has 2 aromatic carbocycles. The SMILES string of the molecule is N#C/C(=C\c1ccc(O)c(O)c1)c1ccc([N+](=O)[O-])cc1. The first kappa shape index (κ1) is 14.1. The first-order valence-corrected chi connectivity index (χ1v) is 5.90. The summed E-state index contributed by atoms with van der Waals surface area (Å²) in [6.45, 7) is 0. The van der Waals surface area contributed by atoms with E-state index in [4.69, 9.17) is 0 Å². The van der Waals surface area contributed by atoms with Crippen molar-refractivity contribution in [3.63, 3.8) is 0 Å². The van der Waals surface area contributed by atoms with Crippen molar-refractivity contribution in [3.05, 3.63) is 63.7 Å². The van der Waals surface area contributed by atoms with Crippen molar-refractivity contribution in [1.29, 1.82) is 5.26 Å². The average molecular weight is 282 g/mol. The van der Waals surface area contributed by atoms with Gasteiger partial charge in [-0.3, -0.25) is 10.1 Å². The number of benzene rings is 2. The second kappa shape index (κ2) is 5.75. The number of phenolic OH excluding ortho intramolecular Hbond substituents is 2. The maximum atomic E-state index is 10.6. The summed E-state index contributed by atoms with van der Waals surface area (Å²) in [7, 11) is 0. The van der Waals surface area contributed by atoms with E-state index in [1.165, 1.54) is 48.5 Å². The smallest absolute Gasteiger partial charge is 0.269 e. The number of phenols is 2. The third kappa shape index (κ3) is 3.16. The van der Waals surface area contributed by atoms with E-state index in [2.05, 4.69) is 0 Å². The number of nitriles is 1. The summed E-state index contributed by atoms with van der Waals surface area (Å²) in [6, 6.07) is 11.8. The van der Waals surface area contributed by atoms with E-state index in [-0.39, 0.29) is 22.8 Å². The Bertz CT molecular complexity index is 758. The molecule has 104 valence electrons. The monoisotopic (exact) mass is 282 g/mol. The molecule has 2 N–H and O–H groups in total. The molecule has 0 saturated carbocycles. The molecule has 2 aromatic rings. The van der Waals surface area contributed by atoms with Gasteiger partial charge in [0.2, 0.25) is 0 Å². The minimum atomic E-state index is -0.516. The van der Waals surface area contributed by atoms with Crippen molar-refractivity contribution < 1.29 is 15.1 Å². The van der Waals surface area contributed by atoms with Gasteiger partial charge in [-0.25, -0.2) is 0 Å². The maximum absolute atomic E-state index is 10.6. The third-order valence-corrected chi connectivity index (χ3v) is 2.82. The number of nitrogens with zero attached hydrogens (tertiary/aromatic N) is 2. The number of non-ortho nitro benzene ring substituents is 1. The molecule has 0 aromatic heterocycles. The Morgan fingerprint density at radius 2 is 1.81 bits per heavy atom. The molecule has 0 spiro atoms. The van der Waals surface area contributed by atoms with Gasteiger partial charge in [0, 0.05) is 12.1 Å². The van der Waals surface area contributed by atoms with Crippen molar-refractivity contribution in [2.75, 3.05) is 0 Å². The lowest BCUT2D eigenvalue weighted by Crippen LogP contribution is -1.88. The van der Waals surface area contributed by atoms with Crippen LogP contribution in [0.4, 0.5) is 5.69 Å². The largest absolute Gasteiger partial charge is 0.504 e. The van der Waals surface area contributed by atoms with Crippen molar-refractivity contribution in [2.45, 2.75) is 0 Å². The Morgan fingerprint density at radius 1 is 1.14 bits per heavy atom. The highest BCUT2D eigenvalue weighted by molar-refractivity contribution is 5.90. The van der Waals surface area contributed by atoms with Crippen molar-refractivity contribution in [3.8, 4) is 17.6 Å². The van der Waals surface area contributed by atoms with Crippen molar-refractivity contribution in [1.82, 2.24) is 0 Å². The molecule has 6 heteroatoms. The number of aromatic hydroxyl groups is 2. The molecule has 2 rings (SSSR count). The zero-order chi connectivity index (χ0) is 15.4. The van der Waals surface area contributed by atoms with Crippen LogP contribution >= 0.6 is 0 Å². The topological polar surface area (TPSA) is 107 Å². The fourth-order valence-corrected chi connectivity index (χ4v) is 1.74. The summed E-state index contributed by atoms with van der Waals surface area (Å²) in [5.41, 5.74) is 1.28. The van der Waals surface area contributed by atoms with Gasteiger partial charge in [0.1, 0.15) is 0 Å². The number of allylic oxidation sites excluding steroid dienone is 1. The van der Waals surface area contributed by atoms with Gasteiger partial charge in [-0.15, -0.1) is 0 Å². The van der Waals surface area contributed by atoms with Crippen LogP contribution in [0.15, 0.2) is 42.5 Å². The summed E-state index contributed by atoms with van der Waals surface area (Å²) in [4.78, 5) is 10.1. The van der Waals surface area contributed by atoms with Gasteiger partial charge in [-0.2, -0.15) is 5.26 Å². The van der Waals surface area contributed by atoms with Crippen LogP contribution in [0.5, 0.6) is 11.5 Å². The standard InChI is InChI=1S/C15H10N2O4/c16-9-12(7-10-1-6-14(18)15(19)8-10)11-2-4-13(5-3-11)17(20)21/h1-8,18-19H/b12-7+. The highest BCUT2D eigenvalue weighted by atomic mass is 16.6. The van der Waals surface area contributed by atoms with E-state index >= 15 is 0 Å². The van der Waals surface area contributed by atoms with Gasteiger partial charge in [-0.05, 0) is 41.5 Å². The minimum Gasteiger partial charge on any atom is -0.504 e. The molecule has 6 nitrogen and oxygen atoms in total. The molecule has 0 bridgehead atoms. The van der Waals surface area contributed by atoms with Crippen LogP contribution < -0.4 is 0 Å². The number of rotatable bonds is 3. The second-order valence-corrected chi connectivity index (χ2v) is 4.22. The van der Waals surface area contributed by atoms with E-state index in [0.29, 0.717) is 11.1 Å². The van der Waals surface area contributed by atoms with E-state index in [1.54, 1.807) is 0 Å². The fourth-order valence-electron chi connectivity index (χ4n) is 1.74. The summed E-state index contributed by atoms with van der Waals surface area (Å²) >= 11 is 0. The molecular formula is C15H10N2O4. The van der Waals surface area contributed by atoms with E-state index in [1.807, 2.05) is 6.07 Å². The molecule has 21 heavy (non-hydrogen) atoms. The second-order valence-electron chi connectivity index (χ2n) is 4.22. The summed E-state index contributed by atoms with van der Waals surface area (Å²) in [5, 5.41) is 38.4. The summed E-state index contributed by atoms with van der Waals surface area (Å²) < 4.78 is 0. The van der Waals surface area contributed by atoms with Crippen LogP contribution in [0.2, 0.25) is 0 Å². The molecule has 0 fully saturated rings. The van der Waals surface area contributed by atoms with Gasteiger partial charge in [-0.1, -0.05) is 6.07 Å². The van der Waals surface area contributed by atoms with Gasteiger partial charge >= 0.3 is 0 Å². The highest BCUT2D eigenvalue weighted by Crippen LogP contribution is 2.27. The van der Waals surface area contributed by atoms with Crippen LogP contribution in [0.3, 0.4) is 0 Å². The molecule has 0 saturated heterocycles. The predicted octanol–water partition coefficient (Wildman–Crippen LogP) is 3.07. The van der Waals surface area contributed by atoms with Crippen molar-refractivity contribution >= 4 is 17.3 Å². The molecular weight excluding hydrogens is 272 g/mol. The molecule has 0 aliphatic heterocycles. The molecule has 0 amide bonds. The van der Waals surface area contributed by atoms with Gasteiger partial charge in [0.25, 0.3) is 5.69 Å². The highest BCUT2D eigenvalue weighted by Gasteiger charge is 2.07. The third-order valence-electron chi connectivity index (χ3n) is 2.82. The molecule has 0 aliphatic rings. The Morgan fingerprint density at radius 3 is 2.33 bits per heavy atom. The number of nitro groups is 1. The number of nitro benzene ring substituents is 1. The molecule has 0 radical (unpaired) electrons. The Kier molecular flexibility index (Phi) is 3.86. The molecule has 0 atom stereocenters. The summed E-state index contributed by atoms with van der Waals surface area (Å²) in [5.74, 6) is -0.536. The maximum Gasteiger partial charge on any atom is 0.269 e. The van der Waals surface area contributed by atoms with Crippen molar-refractivity contribution in [2.24, 2.45) is 0 Å². The molecule has 0 unspecified atom stereocenters. The minimum absolute atomic E-state index is 0.0571. The normalized spacial score (nSPS) is 10.9. The van der Waals surface area contributed by atoms with E-state index in [9.17, 15) is 25.6 Å². The predicted molar refractivity (Wildman–Crippen MR) is 76.4 cm³/mol. The first-order valence-electron chi connectivity index (χ1n) is 5.90. The summed E-state index contributed by atoms with van der Waals surface area (Å²) in [6.07, 6.45) is 1.51. The lowest BCUT2D eigenvalue weighted by Gasteiger charge is -2.02. The van der Waals surface area contributed by atoms with Crippen LogP contribution in [-0.4, -0.2) is 15.1 Å². The van der Waals surface area contributed by atoms with E-state index < -0.39 is 4.92 Å². The number of hydrogen-bond acceptors (Lipinski definition) is 5. The fraction of sp³-hybridized carbons (Fsp3) is 0. The van der Waals surface area contributed by atoms with Crippen LogP contribution in [0, 0.1) is 21.4 Å². The van der Waals surface area contributed by atoms with Gasteiger partial charge < -0.3 is 10.2 Å². The zero-order valence-corrected chi connectivity index (χ0v) is 10.7. The van der Waals surface area contributed by atoms with Gasteiger partial charge in [0.05, 0.1) is 16.6 Å². The Balaban J connectivity index is 2.39. The van der Waals surface area contributed by atoms with Crippen LogP contribution in [0.1, 0.15) is 11.1 Å².